The summed E-state index contributed by atoms with van der Waals surface area (Å²) in [6, 6.07) is 4.80. The van der Waals surface area contributed by atoms with E-state index in [1.165, 1.54) is 6.07 Å². The van der Waals surface area contributed by atoms with Gasteiger partial charge >= 0.3 is 0 Å². The lowest BCUT2D eigenvalue weighted by Gasteiger charge is -2.14. The summed E-state index contributed by atoms with van der Waals surface area (Å²) in [6.45, 7) is 3.62. The lowest BCUT2D eigenvalue weighted by Crippen LogP contribution is -2.24. The molecule has 3 nitrogen and oxygen atoms in total. The normalized spacial score (nSPS) is 17.3. The lowest BCUT2D eigenvalue weighted by atomic mass is 10.1. The van der Waals surface area contributed by atoms with Crippen LogP contribution < -0.4 is 5.73 Å². The summed E-state index contributed by atoms with van der Waals surface area (Å²) in [5.74, 6) is 0.844. The summed E-state index contributed by atoms with van der Waals surface area (Å²) in [7, 11) is 0. The molecule has 0 atom stereocenters. The second kappa shape index (κ2) is 4.05. The molecule has 18 heavy (non-hydrogen) atoms. The molecule has 1 heterocycles. The maximum absolute atomic E-state index is 13.4. The third-order valence-electron chi connectivity index (χ3n) is 3.88. The van der Waals surface area contributed by atoms with Crippen LogP contribution in [0.2, 0.25) is 0 Å². The van der Waals surface area contributed by atoms with E-state index in [-0.39, 0.29) is 11.2 Å². The Kier molecular flexibility index (Phi) is 2.63. The van der Waals surface area contributed by atoms with Gasteiger partial charge in [0.05, 0.1) is 11.0 Å². The van der Waals surface area contributed by atoms with E-state index >= 15 is 0 Å². The molecule has 1 aliphatic carbocycles. The zero-order valence-corrected chi connectivity index (χ0v) is 10.6. The van der Waals surface area contributed by atoms with Gasteiger partial charge in [-0.3, -0.25) is 0 Å². The van der Waals surface area contributed by atoms with Gasteiger partial charge in [-0.15, -0.1) is 0 Å². The molecule has 1 saturated carbocycles. The monoisotopic (exact) mass is 247 g/mol. The number of hydrogen-bond acceptors (Lipinski definition) is 2. The lowest BCUT2D eigenvalue weighted by molar-refractivity contribution is 0.570. The maximum atomic E-state index is 13.4. The third-order valence-corrected chi connectivity index (χ3v) is 3.88. The molecule has 0 saturated heterocycles. The van der Waals surface area contributed by atoms with Gasteiger partial charge in [-0.05, 0) is 37.5 Å². The fourth-order valence-corrected chi connectivity index (χ4v) is 2.62. The fourth-order valence-electron chi connectivity index (χ4n) is 2.62. The van der Waals surface area contributed by atoms with Crippen molar-refractivity contribution in [2.24, 2.45) is 5.73 Å². The average molecular weight is 247 g/mol. The molecule has 1 aliphatic rings. The molecule has 0 radical (unpaired) electrons. The highest BCUT2D eigenvalue weighted by molar-refractivity contribution is 5.76. The second-order valence-corrected chi connectivity index (χ2v) is 5.20. The van der Waals surface area contributed by atoms with Crippen LogP contribution in [0.15, 0.2) is 18.2 Å². The van der Waals surface area contributed by atoms with Gasteiger partial charge in [0.1, 0.15) is 11.6 Å². The highest BCUT2D eigenvalue weighted by atomic mass is 19.1. The minimum atomic E-state index is -0.205. The van der Waals surface area contributed by atoms with Crippen molar-refractivity contribution in [3.8, 4) is 0 Å². The van der Waals surface area contributed by atoms with Gasteiger partial charge in [-0.2, -0.15) is 0 Å². The Bertz CT molecular complexity index is 584. The quantitative estimate of drug-likeness (QED) is 0.902. The van der Waals surface area contributed by atoms with Crippen LogP contribution in [-0.2, 0) is 12.0 Å². The standard InChI is InChI=1S/C14H18FN3/c1-2-7-18-12-8-10(15)3-4-11(12)17-13(18)14(9-16)5-6-14/h3-4,8H,2,5-7,9,16H2,1H3. The number of nitrogens with two attached hydrogens (primary N) is 1. The molecule has 4 heteroatoms. The number of aryl methyl sites for hydroxylation is 1. The topological polar surface area (TPSA) is 43.8 Å². The van der Waals surface area contributed by atoms with Crippen molar-refractivity contribution >= 4 is 11.0 Å². The summed E-state index contributed by atoms with van der Waals surface area (Å²) in [5.41, 5.74) is 7.71. The average Bonchev–Trinajstić information content (AvgIpc) is 3.09. The van der Waals surface area contributed by atoms with E-state index in [1.54, 1.807) is 12.1 Å². The molecular formula is C14H18FN3. The number of nitrogens with zero attached hydrogens (tertiary/aromatic N) is 2. The summed E-state index contributed by atoms with van der Waals surface area (Å²) in [4.78, 5) is 4.69. The Morgan fingerprint density at radius 1 is 1.44 bits per heavy atom. The van der Waals surface area contributed by atoms with Crippen LogP contribution in [0.1, 0.15) is 32.0 Å². The Labute approximate surface area is 106 Å². The van der Waals surface area contributed by atoms with Gasteiger partial charge < -0.3 is 10.3 Å². The smallest absolute Gasteiger partial charge is 0.125 e. The van der Waals surface area contributed by atoms with Crippen LogP contribution in [0.25, 0.3) is 11.0 Å². The van der Waals surface area contributed by atoms with Gasteiger partial charge in [-0.1, -0.05) is 6.92 Å². The van der Waals surface area contributed by atoms with Crippen molar-refractivity contribution in [1.29, 1.82) is 0 Å². The number of hydrogen-bond donors (Lipinski definition) is 1. The predicted molar refractivity (Wildman–Crippen MR) is 69.9 cm³/mol. The molecule has 1 fully saturated rings. The summed E-state index contributed by atoms with van der Waals surface area (Å²) in [5, 5.41) is 0. The molecule has 1 aromatic carbocycles. The van der Waals surface area contributed by atoms with Crippen molar-refractivity contribution in [2.45, 2.75) is 38.1 Å². The number of imidazole rings is 1. The molecule has 96 valence electrons. The van der Waals surface area contributed by atoms with E-state index in [4.69, 9.17) is 10.7 Å². The highest BCUT2D eigenvalue weighted by Gasteiger charge is 2.47. The highest BCUT2D eigenvalue weighted by Crippen LogP contribution is 2.47. The third kappa shape index (κ3) is 1.63. The largest absolute Gasteiger partial charge is 0.329 e. The molecular weight excluding hydrogens is 229 g/mol. The van der Waals surface area contributed by atoms with Crippen molar-refractivity contribution in [3.05, 3.63) is 29.8 Å². The fraction of sp³-hybridized carbons (Fsp3) is 0.500. The minimum Gasteiger partial charge on any atom is -0.329 e. The van der Waals surface area contributed by atoms with Crippen LogP contribution in [0.4, 0.5) is 4.39 Å². The molecule has 0 spiro atoms. The van der Waals surface area contributed by atoms with Gasteiger partial charge in [0.25, 0.3) is 0 Å². The molecule has 2 N–H and O–H groups in total. The first-order valence-electron chi connectivity index (χ1n) is 6.56. The van der Waals surface area contributed by atoms with Gasteiger partial charge in [0.2, 0.25) is 0 Å². The zero-order chi connectivity index (χ0) is 12.8. The number of rotatable bonds is 4. The van der Waals surface area contributed by atoms with Crippen molar-refractivity contribution in [1.82, 2.24) is 9.55 Å². The van der Waals surface area contributed by atoms with Crippen LogP contribution in [-0.4, -0.2) is 16.1 Å². The van der Waals surface area contributed by atoms with E-state index in [2.05, 4.69) is 11.5 Å². The zero-order valence-electron chi connectivity index (χ0n) is 10.6. The Morgan fingerprint density at radius 3 is 2.83 bits per heavy atom. The summed E-state index contributed by atoms with van der Waals surface area (Å²) >= 11 is 0. The van der Waals surface area contributed by atoms with Gasteiger partial charge in [0, 0.05) is 18.5 Å². The van der Waals surface area contributed by atoms with Crippen LogP contribution in [0, 0.1) is 5.82 Å². The summed E-state index contributed by atoms with van der Waals surface area (Å²) in [6.07, 6.45) is 3.20. The van der Waals surface area contributed by atoms with Crippen LogP contribution >= 0.6 is 0 Å². The first kappa shape index (κ1) is 11.7. The Balaban J connectivity index is 2.21. The molecule has 3 rings (SSSR count). The maximum Gasteiger partial charge on any atom is 0.125 e. The Morgan fingerprint density at radius 2 is 2.22 bits per heavy atom. The van der Waals surface area contributed by atoms with Crippen molar-refractivity contribution in [2.75, 3.05) is 6.54 Å². The van der Waals surface area contributed by atoms with Crippen molar-refractivity contribution in [3.63, 3.8) is 0 Å². The molecule has 0 bridgehead atoms. The molecule has 2 aromatic rings. The molecule has 0 unspecified atom stereocenters. The first-order chi connectivity index (χ1) is 8.70. The predicted octanol–water partition coefficient (Wildman–Crippen LogP) is 2.58. The van der Waals surface area contributed by atoms with Crippen LogP contribution in [0.5, 0.6) is 0 Å². The van der Waals surface area contributed by atoms with E-state index in [0.717, 1.165) is 42.7 Å². The number of benzene rings is 1. The number of halogens is 1. The minimum absolute atomic E-state index is 0.0463. The summed E-state index contributed by atoms with van der Waals surface area (Å²) < 4.78 is 15.5. The SMILES string of the molecule is CCCn1c(C2(CN)CC2)nc2ccc(F)cc21. The van der Waals surface area contributed by atoms with Gasteiger partial charge in [-0.25, -0.2) is 9.37 Å². The number of fused-ring (bicyclic) bond motifs is 1. The first-order valence-corrected chi connectivity index (χ1v) is 6.56. The van der Waals surface area contributed by atoms with E-state index in [1.807, 2.05) is 0 Å². The van der Waals surface area contributed by atoms with E-state index in [0.29, 0.717) is 6.54 Å². The second-order valence-electron chi connectivity index (χ2n) is 5.20. The number of aromatic nitrogens is 2. The van der Waals surface area contributed by atoms with Gasteiger partial charge in [0.15, 0.2) is 0 Å². The van der Waals surface area contributed by atoms with Crippen molar-refractivity contribution < 1.29 is 4.39 Å². The van der Waals surface area contributed by atoms with E-state index in [9.17, 15) is 4.39 Å². The van der Waals surface area contributed by atoms with Crippen LogP contribution in [0.3, 0.4) is 0 Å². The van der Waals surface area contributed by atoms with E-state index < -0.39 is 0 Å². The Hall–Kier alpha value is -1.42. The molecule has 0 aliphatic heterocycles. The molecule has 1 aromatic heterocycles. The molecule has 0 amide bonds.